The van der Waals surface area contributed by atoms with E-state index in [9.17, 15) is 4.79 Å². The Morgan fingerprint density at radius 2 is 1.65 bits per heavy atom. The molecule has 1 heteroatoms. The van der Waals surface area contributed by atoms with Crippen LogP contribution < -0.4 is 0 Å². The van der Waals surface area contributed by atoms with E-state index in [1.165, 1.54) is 32.1 Å². The molecule has 2 rings (SSSR count). The quantitative estimate of drug-likeness (QED) is 0.628. The molecule has 2 unspecified atom stereocenters. The third-order valence-corrected chi connectivity index (χ3v) is 6.14. The lowest BCUT2D eigenvalue weighted by atomic mass is 9.47. The maximum atomic E-state index is 12.2. The van der Waals surface area contributed by atoms with Gasteiger partial charge in [0.15, 0.2) is 5.78 Å². The summed E-state index contributed by atoms with van der Waals surface area (Å²) >= 11 is 0. The zero-order chi connectivity index (χ0) is 15.1. The van der Waals surface area contributed by atoms with Gasteiger partial charge in [-0.3, -0.25) is 4.79 Å². The van der Waals surface area contributed by atoms with E-state index in [0.29, 0.717) is 11.8 Å². The molecule has 2 saturated carbocycles. The van der Waals surface area contributed by atoms with Gasteiger partial charge in [-0.05, 0) is 73.2 Å². The van der Waals surface area contributed by atoms with Crippen molar-refractivity contribution in [3.05, 3.63) is 12.2 Å². The van der Waals surface area contributed by atoms with Crippen molar-refractivity contribution in [2.45, 2.75) is 73.1 Å². The Bertz CT molecular complexity index is 384. The molecule has 0 heterocycles. The van der Waals surface area contributed by atoms with Gasteiger partial charge in [-0.2, -0.15) is 0 Å². The number of carbonyl (C=O) groups is 1. The first kappa shape index (κ1) is 15.8. The topological polar surface area (TPSA) is 17.1 Å². The molecule has 2 atom stereocenters. The van der Waals surface area contributed by atoms with Crippen molar-refractivity contribution >= 4 is 5.78 Å². The fraction of sp³-hybridized carbons (Fsp3) is 0.842. The normalized spacial score (nSPS) is 37.5. The van der Waals surface area contributed by atoms with Crippen molar-refractivity contribution in [1.29, 1.82) is 0 Å². The van der Waals surface area contributed by atoms with Crippen LogP contribution in [0, 0.1) is 28.6 Å². The van der Waals surface area contributed by atoms with E-state index >= 15 is 0 Å². The molecule has 20 heavy (non-hydrogen) atoms. The van der Waals surface area contributed by atoms with Gasteiger partial charge in [-0.15, -0.1) is 0 Å². The van der Waals surface area contributed by atoms with Crippen LogP contribution in [-0.4, -0.2) is 5.78 Å². The summed E-state index contributed by atoms with van der Waals surface area (Å²) in [5.41, 5.74) is 1.20. The highest BCUT2D eigenvalue weighted by molar-refractivity contribution is 5.94. The van der Waals surface area contributed by atoms with Crippen molar-refractivity contribution in [3.8, 4) is 0 Å². The second-order valence-electron chi connectivity index (χ2n) is 8.70. The molecular weight excluding hydrogens is 244 g/mol. The summed E-state index contributed by atoms with van der Waals surface area (Å²) < 4.78 is 0. The molecule has 2 fully saturated rings. The number of fused-ring (bicyclic) bond motifs is 2. The van der Waals surface area contributed by atoms with Crippen molar-refractivity contribution in [2.75, 3.05) is 0 Å². The summed E-state index contributed by atoms with van der Waals surface area (Å²) in [4.78, 5) is 12.2. The van der Waals surface area contributed by atoms with Gasteiger partial charge in [0.25, 0.3) is 0 Å². The average molecular weight is 276 g/mol. The number of allylic oxidation sites excluding steroid dienone is 1. The molecule has 0 N–H and O–H groups in total. The first-order chi connectivity index (χ1) is 9.15. The minimum Gasteiger partial charge on any atom is -0.295 e. The van der Waals surface area contributed by atoms with E-state index < -0.39 is 0 Å². The number of carbonyl (C=O) groups excluding carboxylic acids is 1. The third kappa shape index (κ3) is 2.87. The maximum Gasteiger partial charge on any atom is 0.158 e. The SMILES string of the molecule is C=C(C)C(=O)CC(C)(C)C12CC(C)CC(CC(C)C1)C2. The lowest BCUT2D eigenvalue weighted by Gasteiger charge is -2.57. The van der Waals surface area contributed by atoms with Gasteiger partial charge in [0.05, 0.1) is 0 Å². The van der Waals surface area contributed by atoms with E-state index in [1.54, 1.807) is 0 Å². The van der Waals surface area contributed by atoms with E-state index in [-0.39, 0.29) is 11.2 Å². The number of ketones is 1. The summed E-state index contributed by atoms with van der Waals surface area (Å²) in [5, 5.41) is 0. The lowest BCUT2D eigenvalue weighted by molar-refractivity contribution is -0.124. The summed E-state index contributed by atoms with van der Waals surface area (Å²) in [6.45, 7) is 15.2. The molecule has 0 aromatic carbocycles. The molecule has 2 aliphatic carbocycles. The lowest BCUT2D eigenvalue weighted by Crippen LogP contribution is -2.49. The first-order valence-electron chi connectivity index (χ1n) is 8.34. The highest BCUT2D eigenvalue weighted by Crippen LogP contribution is 2.61. The zero-order valence-corrected chi connectivity index (χ0v) is 14.1. The minimum absolute atomic E-state index is 0.102. The van der Waals surface area contributed by atoms with Crippen LogP contribution in [0.5, 0.6) is 0 Å². The fourth-order valence-corrected chi connectivity index (χ4v) is 5.27. The molecule has 114 valence electrons. The highest BCUT2D eigenvalue weighted by atomic mass is 16.1. The first-order valence-corrected chi connectivity index (χ1v) is 8.34. The Kier molecular flexibility index (Phi) is 4.19. The molecule has 0 aliphatic heterocycles. The Hall–Kier alpha value is -0.590. The zero-order valence-electron chi connectivity index (χ0n) is 14.1. The highest BCUT2D eigenvalue weighted by Gasteiger charge is 2.52. The van der Waals surface area contributed by atoms with E-state index in [1.807, 2.05) is 6.92 Å². The van der Waals surface area contributed by atoms with Gasteiger partial charge in [-0.25, -0.2) is 0 Å². The van der Waals surface area contributed by atoms with Crippen molar-refractivity contribution in [2.24, 2.45) is 28.6 Å². The molecule has 0 spiro atoms. The number of hydrogen-bond donors (Lipinski definition) is 0. The van der Waals surface area contributed by atoms with Crippen LogP contribution in [-0.2, 0) is 4.79 Å². The molecule has 0 aromatic heterocycles. The summed E-state index contributed by atoms with van der Waals surface area (Å²) in [6.07, 6.45) is 7.44. The third-order valence-electron chi connectivity index (χ3n) is 6.14. The second kappa shape index (κ2) is 5.31. The average Bonchev–Trinajstić information content (AvgIpc) is 2.25. The Labute approximate surface area is 125 Å². The van der Waals surface area contributed by atoms with Crippen molar-refractivity contribution in [3.63, 3.8) is 0 Å². The summed E-state index contributed by atoms with van der Waals surface area (Å²) in [7, 11) is 0. The number of hydrogen-bond acceptors (Lipinski definition) is 1. The molecule has 0 saturated heterocycles. The smallest absolute Gasteiger partial charge is 0.158 e. The van der Waals surface area contributed by atoms with E-state index in [4.69, 9.17) is 0 Å². The summed E-state index contributed by atoms with van der Waals surface area (Å²) in [5.74, 6) is 2.79. The summed E-state index contributed by atoms with van der Waals surface area (Å²) in [6, 6.07) is 0. The fourth-order valence-electron chi connectivity index (χ4n) is 5.27. The Morgan fingerprint density at radius 1 is 1.15 bits per heavy atom. The number of Topliss-reactive ketones (excluding diaryl/α,β-unsaturated/α-hetero) is 1. The Morgan fingerprint density at radius 3 is 2.10 bits per heavy atom. The molecule has 1 nitrogen and oxygen atoms in total. The van der Waals surface area contributed by atoms with Crippen LogP contribution in [0.3, 0.4) is 0 Å². The van der Waals surface area contributed by atoms with Crippen LogP contribution in [0.1, 0.15) is 73.1 Å². The molecule has 2 aliphatic rings. The van der Waals surface area contributed by atoms with Crippen LogP contribution in [0.4, 0.5) is 0 Å². The largest absolute Gasteiger partial charge is 0.295 e. The molecule has 0 amide bonds. The van der Waals surface area contributed by atoms with Gasteiger partial charge in [-0.1, -0.05) is 34.3 Å². The van der Waals surface area contributed by atoms with Crippen LogP contribution in [0.25, 0.3) is 0 Å². The molecule has 0 aromatic rings. The predicted octanol–water partition coefficient (Wildman–Crippen LogP) is 5.40. The van der Waals surface area contributed by atoms with Gasteiger partial charge in [0.2, 0.25) is 0 Å². The minimum atomic E-state index is 0.102. The molecule has 0 radical (unpaired) electrons. The van der Waals surface area contributed by atoms with E-state index in [2.05, 4.69) is 34.3 Å². The predicted molar refractivity (Wildman–Crippen MR) is 85.6 cm³/mol. The van der Waals surface area contributed by atoms with Gasteiger partial charge >= 0.3 is 0 Å². The van der Waals surface area contributed by atoms with Gasteiger partial charge in [0, 0.05) is 6.42 Å². The van der Waals surface area contributed by atoms with Crippen molar-refractivity contribution < 1.29 is 4.79 Å². The molecular formula is C19H32O. The second-order valence-corrected chi connectivity index (χ2v) is 8.70. The molecule has 2 bridgehead atoms. The van der Waals surface area contributed by atoms with Crippen molar-refractivity contribution in [1.82, 2.24) is 0 Å². The van der Waals surface area contributed by atoms with Crippen LogP contribution in [0.15, 0.2) is 12.2 Å². The Balaban J connectivity index is 2.25. The maximum absolute atomic E-state index is 12.2. The number of rotatable bonds is 4. The van der Waals surface area contributed by atoms with Gasteiger partial charge < -0.3 is 0 Å². The monoisotopic (exact) mass is 276 g/mol. The van der Waals surface area contributed by atoms with Crippen LogP contribution in [0.2, 0.25) is 0 Å². The van der Waals surface area contributed by atoms with Crippen LogP contribution >= 0.6 is 0 Å². The van der Waals surface area contributed by atoms with E-state index in [0.717, 1.165) is 23.3 Å². The standard InChI is InChI=1S/C19H32O/c1-13(2)17(20)12-18(5,6)19-9-14(3)7-16(11-19)8-15(4)10-19/h14-16H,1,7-12H2,2-6H3. The van der Waals surface area contributed by atoms with Gasteiger partial charge in [0.1, 0.15) is 0 Å².